The van der Waals surface area contributed by atoms with Gasteiger partial charge in [-0.1, -0.05) is 29.4 Å². The molecule has 6 N–H and O–H groups in total. The number of rotatable bonds is 10. The maximum Gasteiger partial charge on any atom is 0.248 e. The fourth-order valence-corrected chi connectivity index (χ4v) is 7.49. The van der Waals surface area contributed by atoms with Gasteiger partial charge in [-0.3, -0.25) is 0 Å². The van der Waals surface area contributed by atoms with Crippen molar-refractivity contribution in [3.05, 3.63) is 81.8 Å². The summed E-state index contributed by atoms with van der Waals surface area (Å²) >= 11 is 0. The Morgan fingerprint density at radius 1 is 0.765 bits per heavy atom. The maximum absolute atomic E-state index is 6.43. The van der Waals surface area contributed by atoms with Crippen molar-refractivity contribution in [3.63, 3.8) is 0 Å². The second-order valence-corrected chi connectivity index (χ2v) is 14.4. The maximum atomic E-state index is 6.43. The lowest BCUT2D eigenvalue weighted by Gasteiger charge is -2.26. The summed E-state index contributed by atoms with van der Waals surface area (Å²) in [7, 11) is 0. The third kappa shape index (κ3) is 6.97. The molecule has 2 aliphatic carbocycles. The fourth-order valence-electron chi connectivity index (χ4n) is 7.49. The molecule has 1 atom stereocenters. The van der Waals surface area contributed by atoms with E-state index in [1.807, 2.05) is 26.8 Å². The van der Waals surface area contributed by atoms with Crippen LogP contribution in [0.1, 0.15) is 109 Å². The van der Waals surface area contributed by atoms with E-state index >= 15 is 0 Å². The standard InChI is InChI=1S/C38H44N12O/c1-19-14-21(3)42-34-29(19)32(40)46-38(49-34)43-22(4)36-47-33(50-51-36)26-10-8-23(9-11-26)17-28-15-20(2)30-31(39)45-37(48-35(30)44-28)41-18-24-6-5-7-27(16-24)25-12-13-25/h5-7,14-16,22-23,25-26H,8-13,17-18H2,1-4H3,(H3,39,41,44,45,48)(H3,40,42,43,46,49). The van der Waals surface area contributed by atoms with Gasteiger partial charge < -0.3 is 26.6 Å². The minimum Gasteiger partial charge on any atom is -0.383 e. The number of fused-ring (bicyclic) bond motifs is 2. The monoisotopic (exact) mass is 684 g/mol. The van der Waals surface area contributed by atoms with Crippen molar-refractivity contribution >= 4 is 45.6 Å². The largest absolute Gasteiger partial charge is 0.383 e. The average molecular weight is 685 g/mol. The van der Waals surface area contributed by atoms with Crippen LogP contribution in [0.25, 0.3) is 22.1 Å². The van der Waals surface area contributed by atoms with Gasteiger partial charge in [-0.25, -0.2) is 9.97 Å². The lowest BCUT2D eigenvalue weighted by molar-refractivity contribution is 0.305. The molecule has 6 aromatic rings. The SMILES string of the molecule is Cc1cc(C)c2c(N)nc(NC(C)c3nc(C4CCC(Cc5cc(C)c6c(N)nc(NCc7cccc(C8CC8)c7)nc6n5)CC4)no3)nc2n1. The molecule has 262 valence electrons. The van der Waals surface area contributed by atoms with Crippen molar-refractivity contribution in [1.82, 2.24) is 40.0 Å². The van der Waals surface area contributed by atoms with Gasteiger partial charge >= 0.3 is 0 Å². The van der Waals surface area contributed by atoms with Gasteiger partial charge in [0.25, 0.3) is 0 Å². The summed E-state index contributed by atoms with van der Waals surface area (Å²) in [4.78, 5) is 32.7. The number of aromatic nitrogens is 8. The second-order valence-electron chi connectivity index (χ2n) is 14.4. The summed E-state index contributed by atoms with van der Waals surface area (Å²) in [5, 5.41) is 12.6. The number of benzene rings is 1. The van der Waals surface area contributed by atoms with E-state index in [1.165, 1.54) is 24.0 Å². The molecule has 5 aromatic heterocycles. The molecule has 1 aromatic carbocycles. The quantitative estimate of drug-likeness (QED) is 0.115. The Labute approximate surface area is 296 Å². The molecule has 2 aliphatic rings. The van der Waals surface area contributed by atoms with Crippen LogP contribution in [0, 0.1) is 26.7 Å². The van der Waals surface area contributed by atoms with E-state index in [0.717, 1.165) is 71.2 Å². The molecule has 2 saturated carbocycles. The molecule has 1 unspecified atom stereocenters. The highest BCUT2D eigenvalue weighted by molar-refractivity contribution is 5.90. The van der Waals surface area contributed by atoms with Crippen LogP contribution in [0.4, 0.5) is 23.5 Å². The number of nitrogens with zero attached hydrogens (tertiary/aromatic N) is 8. The Hall–Kier alpha value is -5.46. The molecule has 2 fully saturated rings. The zero-order valence-electron chi connectivity index (χ0n) is 29.6. The van der Waals surface area contributed by atoms with E-state index < -0.39 is 0 Å². The van der Waals surface area contributed by atoms with Crippen LogP contribution in [-0.4, -0.2) is 40.0 Å². The van der Waals surface area contributed by atoms with Crippen molar-refractivity contribution in [3.8, 4) is 0 Å². The van der Waals surface area contributed by atoms with Gasteiger partial charge in [0.15, 0.2) is 17.1 Å². The van der Waals surface area contributed by atoms with E-state index in [0.29, 0.717) is 59.1 Å². The third-order valence-corrected chi connectivity index (χ3v) is 10.3. The minimum atomic E-state index is -0.306. The summed E-state index contributed by atoms with van der Waals surface area (Å²) in [6, 6.07) is 12.6. The Morgan fingerprint density at radius 2 is 1.45 bits per heavy atom. The molecule has 13 nitrogen and oxygen atoms in total. The topological polar surface area (TPSA) is 192 Å². The summed E-state index contributed by atoms with van der Waals surface area (Å²) in [5.74, 6) is 4.40. The van der Waals surface area contributed by atoms with Gasteiger partial charge in [0.2, 0.25) is 17.8 Å². The lowest BCUT2D eigenvalue weighted by Crippen LogP contribution is -2.17. The molecule has 0 amide bonds. The van der Waals surface area contributed by atoms with Crippen molar-refractivity contribution < 1.29 is 4.52 Å². The van der Waals surface area contributed by atoms with Gasteiger partial charge in [0.1, 0.15) is 17.7 Å². The normalized spacial score (nSPS) is 18.3. The molecule has 0 spiro atoms. The van der Waals surface area contributed by atoms with Crippen molar-refractivity contribution in [2.45, 2.75) is 97.1 Å². The average Bonchev–Trinajstić information content (AvgIpc) is 3.83. The minimum absolute atomic E-state index is 0.242. The van der Waals surface area contributed by atoms with Crippen molar-refractivity contribution in [2.24, 2.45) is 5.92 Å². The van der Waals surface area contributed by atoms with Crippen molar-refractivity contribution in [2.75, 3.05) is 22.1 Å². The third-order valence-electron chi connectivity index (χ3n) is 10.3. The molecule has 13 heteroatoms. The van der Waals surface area contributed by atoms with Gasteiger partial charge in [-0.2, -0.15) is 24.9 Å². The number of pyridine rings is 2. The number of anilines is 4. The van der Waals surface area contributed by atoms with E-state index in [9.17, 15) is 0 Å². The molecule has 51 heavy (non-hydrogen) atoms. The first-order valence-corrected chi connectivity index (χ1v) is 17.9. The van der Waals surface area contributed by atoms with Crippen LogP contribution in [0.2, 0.25) is 0 Å². The highest BCUT2D eigenvalue weighted by Gasteiger charge is 2.28. The molecule has 0 saturated heterocycles. The predicted molar refractivity (Wildman–Crippen MR) is 198 cm³/mol. The summed E-state index contributed by atoms with van der Waals surface area (Å²) in [6.07, 6.45) is 7.52. The number of hydrogen-bond donors (Lipinski definition) is 4. The molecule has 0 aliphatic heterocycles. The van der Waals surface area contributed by atoms with Crippen LogP contribution in [0.5, 0.6) is 0 Å². The van der Waals surface area contributed by atoms with E-state index in [4.69, 9.17) is 30.9 Å². The second kappa shape index (κ2) is 13.3. The number of nitrogens with two attached hydrogens (primary N) is 2. The number of hydrogen-bond acceptors (Lipinski definition) is 13. The highest BCUT2D eigenvalue weighted by Crippen LogP contribution is 2.40. The van der Waals surface area contributed by atoms with Crippen LogP contribution in [0.3, 0.4) is 0 Å². The van der Waals surface area contributed by atoms with Crippen LogP contribution < -0.4 is 22.1 Å². The highest BCUT2D eigenvalue weighted by atomic mass is 16.5. The van der Waals surface area contributed by atoms with Crippen molar-refractivity contribution in [1.29, 1.82) is 0 Å². The molecule has 0 radical (unpaired) electrons. The Bertz CT molecular complexity index is 2240. The molecule has 0 bridgehead atoms. The van der Waals surface area contributed by atoms with Gasteiger partial charge in [0, 0.05) is 23.9 Å². The Kier molecular flexibility index (Phi) is 8.56. The van der Waals surface area contributed by atoms with Gasteiger partial charge in [0.05, 0.1) is 10.8 Å². The van der Waals surface area contributed by atoms with Crippen LogP contribution in [0.15, 0.2) is 40.9 Å². The van der Waals surface area contributed by atoms with E-state index in [-0.39, 0.29) is 12.0 Å². The summed E-state index contributed by atoms with van der Waals surface area (Å²) in [5.41, 5.74) is 20.5. The smallest absolute Gasteiger partial charge is 0.248 e. The predicted octanol–water partition coefficient (Wildman–Crippen LogP) is 7.01. The number of aryl methyl sites for hydroxylation is 3. The summed E-state index contributed by atoms with van der Waals surface area (Å²) < 4.78 is 5.70. The summed E-state index contributed by atoms with van der Waals surface area (Å²) in [6.45, 7) is 8.55. The Balaban J connectivity index is 0.889. The number of nitrogen functional groups attached to an aromatic ring is 2. The molecule has 8 rings (SSSR count). The van der Waals surface area contributed by atoms with Gasteiger partial charge in [-0.05, 0) is 119 Å². The lowest BCUT2D eigenvalue weighted by atomic mass is 9.79. The molecular weight excluding hydrogens is 641 g/mol. The first-order chi connectivity index (χ1) is 24.7. The molecular formula is C38H44N12O. The van der Waals surface area contributed by atoms with E-state index in [2.05, 4.69) is 73.0 Å². The first-order valence-electron chi connectivity index (χ1n) is 17.9. The van der Waals surface area contributed by atoms with E-state index in [1.54, 1.807) is 0 Å². The van der Waals surface area contributed by atoms with Gasteiger partial charge in [-0.15, -0.1) is 0 Å². The fraction of sp³-hybridized carbons (Fsp3) is 0.421. The first kappa shape index (κ1) is 32.7. The molecule has 5 heterocycles. The zero-order valence-corrected chi connectivity index (χ0v) is 29.6. The zero-order chi connectivity index (χ0) is 35.2. The van der Waals surface area contributed by atoms with Crippen LogP contribution in [-0.2, 0) is 13.0 Å². The Morgan fingerprint density at radius 3 is 2.22 bits per heavy atom. The van der Waals surface area contributed by atoms with Crippen LogP contribution >= 0.6 is 0 Å². The number of nitrogens with one attached hydrogen (secondary N) is 2.